The number of hydrogen-bond acceptors (Lipinski definition) is 1. The molecule has 1 atom stereocenters. The summed E-state index contributed by atoms with van der Waals surface area (Å²) in [7, 11) is 2.58. The molecule has 1 unspecified atom stereocenters. The molecular weight excluding hydrogens is 209 g/mol. The normalized spacial score (nSPS) is 6.60. The van der Waals surface area contributed by atoms with Crippen LogP contribution in [0.25, 0.3) is 0 Å². The second kappa shape index (κ2) is 11.8. The van der Waals surface area contributed by atoms with Gasteiger partial charge in [0.2, 0.25) is 0 Å². The van der Waals surface area contributed by atoms with Gasteiger partial charge in [-0.05, 0) is 18.3 Å². The van der Waals surface area contributed by atoms with Crippen molar-refractivity contribution in [2.45, 2.75) is 6.92 Å². The molecule has 0 N–H and O–H groups in total. The second-order valence-electron chi connectivity index (χ2n) is 1.43. The van der Waals surface area contributed by atoms with Gasteiger partial charge < -0.3 is 0 Å². The summed E-state index contributed by atoms with van der Waals surface area (Å²) in [6.07, 6.45) is 4.67. The van der Waals surface area contributed by atoms with E-state index in [2.05, 4.69) is 21.1 Å². The molecule has 0 saturated carbocycles. The Morgan fingerprint density at radius 1 is 1.20 bits per heavy atom. The van der Waals surface area contributed by atoms with Crippen LogP contribution in [0.1, 0.15) is 6.92 Å². The zero-order valence-electron chi connectivity index (χ0n) is 6.03. The summed E-state index contributed by atoms with van der Waals surface area (Å²) >= 11 is 0. The second-order valence-corrected chi connectivity index (χ2v) is 2.25. The SMILES string of the molecule is Br.CCP.c1ccncc1. The topological polar surface area (TPSA) is 12.9 Å². The molecule has 1 heterocycles. The molecule has 1 aromatic heterocycles. The Hall–Kier alpha value is 0.0600. The van der Waals surface area contributed by atoms with Crippen LogP contribution in [-0.2, 0) is 0 Å². The smallest absolute Gasteiger partial charge is 0.0267 e. The summed E-state index contributed by atoms with van der Waals surface area (Å²) in [5.74, 6) is 0. The molecule has 58 valence electrons. The number of pyridine rings is 1. The van der Waals surface area contributed by atoms with Crippen molar-refractivity contribution in [3.05, 3.63) is 30.6 Å². The molecule has 0 radical (unpaired) electrons. The Labute approximate surface area is 75.2 Å². The zero-order valence-corrected chi connectivity index (χ0v) is 8.89. The Kier molecular flexibility index (Phi) is 15.0. The zero-order chi connectivity index (χ0) is 6.95. The number of rotatable bonds is 0. The van der Waals surface area contributed by atoms with E-state index in [9.17, 15) is 0 Å². The highest BCUT2D eigenvalue weighted by atomic mass is 79.9. The van der Waals surface area contributed by atoms with Gasteiger partial charge in [0.25, 0.3) is 0 Å². The minimum absolute atomic E-state index is 0. The summed E-state index contributed by atoms with van der Waals surface area (Å²) in [6, 6.07) is 5.72. The molecule has 0 amide bonds. The third-order valence-corrected chi connectivity index (χ3v) is 0.566. The van der Waals surface area contributed by atoms with Crippen LogP contribution in [0.3, 0.4) is 0 Å². The summed E-state index contributed by atoms with van der Waals surface area (Å²) < 4.78 is 0. The molecule has 3 heteroatoms. The van der Waals surface area contributed by atoms with Crippen LogP contribution < -0.4 is 0 Å². The summed E-state index contributed by atoms with van der Waals surface area (Å²) in [5, 5.41) is 0. The molecule has 1 rings (SSSR count). The Morgan fingerprint density at radius 2 is 1.60 bits per heavy atom. The van der Waals surface area contributed by atoms with Crippen molar-refractivity contribution in [3.63, 3.8) is 0 Å². The number of aromatic nitrogens is 1. The Bertz CT molecular complexity index is 96.5. The number of nitrogens with zero attached hydrogens (tertiary/aromatic N) is 1. The average Bonchev–Trinajstić information content (AvgIpc) is 1.93. The fourth-order valence-corrected chi connectivity index (χ4v) is 0.313. The van der Waals surface area contributed by atoms with Gasteiger partial charge in [-0.15, -0.1) is 26.2 Å². The maximum absolute atomic E-state index is 3.78. The van der Waals surface area contributed by atoms with Crippen molar-refractivity contribution < 1.29 is 0 Å². The fraction of sp³-hybridized carbons (Fsp3) is 0.286. The molecule has 0 fully saturated rings. The maximum Gasteiger partial charge on any atom is 0.0267 e. The Balaban J connectivity index is 0. The highest BCUT2D eigenvalue weighted by molar-refractivity contribution is 8.93. The minimum atomic E-state index is 0. The van der Waals surface area contributed by atoms with Gasteiger partial charge in [-0.3, -0.25) is 4.98 Å². The largest absolute Gasteiger partial charge is 0.265 e. The van der Waals surface area contributed by atoms with Crippen molar-refractivity contribution in [2.24, 2.45) is 0 Å². The standard InChI is InChI=1S/C5H5N.C2H7P.BrH/c1-2-4-6-5-3-1;1-2-3;/h1-5H;2-3H2,1H3;1H. The van der Waals surface area contributed by atoms with Crippen molar-refractivity contribution in [3.8, 4) is 0 Å². The van der Waals surface area contributed by atoms with E-state index in [1.54, 1.807) is 12.4 Å². The van der Waals surface area contributed by atoms with E-state index in [1.165, 1.54) is 6.16 Å². The molecular formula is C7H13BrNP. The van der Waals surface area contributed by atoms with E-state index in [1.807, 2.05) is 18.2 Å². The Morgan fingerprint density at radius 3 is 1.70 bits per heavy atom. The van der Waals surface area contributed by atoms with Gasteiger partial charge in [0, 0.05) is 12.4 Å². The summed E-state index contributed by atoms with van der Waals surface area (Å²) in [4.78, 5) is 3.78. The van der Waals surface area contributed by atoms with Gasteiger partial charge in [-0.2, -0.15) is 0 Å². The third-order valence-electron chi connectivity index (χ3n) is 0.566. The van der Waals surface area contributed by atoms with Crippen LogP contribution in [-0.4, -0.2) is 11.1 Å². The van der Waals surface area contributed by atoms with Crippen molar-refractivity contribution in [1.82, 2.24) is 4.98 Å². The molecule has 0 saturated heterocycles. The maximum atomic E-state index is 3.78. The summed E-state index contributed by atoms with van der Waals surface area (Å²) in [6.45, 7) is 2.09. The fourth-order valence-electron chi connectivity index (χ4n) is 0.313. The van der Waals surface area contributed by atoms with Crippen molar-refractivity contribution in [2.75, 3.05) is 6.16 Å². The van der Waals surface area contributed by atoms with E-state index in [0.717, 1.165) is 0 Å². The molecule has 1 aromatic rings. The molecule has 0 bridgehead atoms. The van der Waals surface area contributed by atoms with E-state index in [4.69, 9.17) is 0 Å². The molecule has 0 aliphatic rings. The molecule has 10 heavy (non-hydrogen) atoms. The lowest BCUT2D eigenvalue weighted by molar-refractivity contribution is 1.33. The quantitative estimate of drug-likeness (QED) is 0.614. The van der Waals surface area contributed by atoms with Gasteiger partial charge in [0.15, 0.2) is 0 Å². The first kappa shape index (κ1) is 12.7. The molecule has 0 spiro atoms. The summed E-state index contributed by atoms with van der Waals surface area (Å²) in [5.41, 5.74) is 0. The van der Waals surface area contributed by atoms with Gasteiger partial charge in [0.05, 0.1) is 0 Å². The first-order chi connectivity index (χ1) is 4.41. The first-order valence-corrected chi connectivity index (χ1v) is 3.78. The van der Waals surface area contributed by atoms with E-state index < -0.39 is 0 Å². The molecule has 0 aromatic carbocycles. The van der Waals surface area contributed by atoms with E-state index >= 15 is 0 Å². The highest BCUT2D eigenvalue weighted by Gasteiger charge is 1.58. The molecule has 0 aliphatic heterocycles. The van der Waals surface area contributed by atoms with Crippen LogP contribution in [0.15, 0.2) is 30.6 Å². The monoisotopic (exact) mass is 221 g/mol. The number of hydrogen-bond donors (Lipinski definition) is 0. The van der Waals surface area contributed by atoms with Crippen molar-refractivity contribution >= 4 is 26.2 Å². The van der Waals surface area contributed by atoms with Crippen LogP contribution in [0, 0.1) is 0 Å². The lowest BCUT2D eigenvalue weighted by Gasteiger charge is -1.70. The van der Waals surface area contributed by atoms with Gasteiger partial charge in [-0.25, -0.2) is 0 Å². The van der Waals surface area contributed by atoms with Crippen molar-refractivity contribution in [1.29, 1.82) is 0 Å². The van der Waals surface area contributed by atoms with Crippen LogP contribution in [0.2, 0.25) is 0 Å². The lowest BCUT2D eigenvalue weighted by atomic mass is 10.5. The lowest BCUT2D eigenvalue weighted by Crippen LogP contribution is -1.58. The predicted molar refractivity (Wildman–Crippen MR) is 54.8 cm³/mol. The highest BCUT2D eigenvalue weighted by Crippen LogP contribution is 1.73. The first-order valence-electron chi connectivity index (χ1n) is 2.97. The minimum Gasteiger partial charge on any atom is -0.265 e. The van der Waals surface area contributed by atoms with Crippen LogP contribution in [0.4, 0.5) is 0 Å². The number of halogens is 1. The van der Waals surface area contributed by atoms with E-state index in [-0.39, 0.29) is 17.0 Å². The van der Waals surface area contributed by atoms with Gasteiger partial charge in [-0.1, -0.05) is 13.0 Å². The predicted octanol–water partition coefficient (Wildman–Crippen LogP) is 2.54. The van der Waals surface area contributed by atoms with Gasteiger partial charge in [0.1, 0.15) is 0 Å². The van der Waals surface area contributed by atoms with Gasteiger partial charge >= 0.3 is 0 Å². The third kappa shape index (κ3) is 10.9. The van der Waals surface area contributed by atoms with Crippen LogP contribution >= 0.6 is 26.2 Å². The molecule has 1 nitrogen and oxygen atoms in total. The molecule has 0 aliphatic carbocycles. The van der Waals surface area contributed by atoms with E-state index in [0.29, 0.717) is 0 Å². The van der Waals surface area contributed by atoms with Crippen LogP contribution in [0.5, 0.6) is 0 Å². The average molecular weight is 222 g/mol.